The van der Waals surface area contributed by atoms with Gasteiger partial charge in [-0.3, -0.25) is 4.90 Å². The Morgan fingerprint density at radius 3 is 2.50 bits per heavy atom. The van der Waals surface area contributed by atoms with Crippen molar-refractivity contribution in [3.05, 3.63) is 0 Å². The second kappa shape index (κ2) is 2.51. The minimum Gasteiger partial charge on any atom is -0.378 e. The molecule has 0 spiro atoms. The molecule has 2 unspecified atom stereocenters. The Kier molecular flexibility index (Phi) is 2.02. The van der Waals surface area contributed by atoms with Crippen molar-refractivity contribution in [3.63, 3.8) is 0 Å². The van der Waals surface area contributed by atoms with Crippen molar-refractivity contribution < 1.29 is 4.74 Å². The highest BCUT2D eigenvalue weighted by molar-refractivity contribution is 5.02. The summed E-state index contributed by atoms with van der Waals surface area (Å²) in [4.78, 5) is 2.35. The van der Waals surface area contributed by atoms with E-state index >= 15 is 0 Å². The van der Waals surface area contributed by atoms with Gasteiger partial charge in [0, 0.05) is 19.2 Å². The molecule has 1 aliphatic heterocycles. The van der Waals surface area contributed by atoms with E-state index in [1.165, 1.54) is 6.42 Å². The number of likely N-dealkylation sites (tertiary alicyclic amines) is 1. The van der Waals surface area contributed by atoms with Crippen molar-refractivity contribution in [1.29, 1.82) is 0 Å². The van der Waals surface area contributed by atoms with Crippen LogP contribution in [0, 0.1) is 0 Å². The minimum atomic E-state index is 0.300. The van der Waals surface area contributed by atoms with E-state index in [0.717, 1.165) is 6.54 Å². The lowest BCUT2D eigenvalue weighted by molar-refractivity contribution is -0.133. The average Bonchev–Trinajstić information content (AvgIpc) is 1.98. The largest absolute Gasteiger partial charge is 0.378 e. The van der Waals surface area contributed by atoms with Crippen molar-refractivity contribution in [3.8, 4) is 0 Å². The Balaban J connectivity index is 2.54. The monoisotopic (exact) mass is 143 g/mol. The number of ether oxygens (including phenoxy) is 1. The van der Waals surface area contributed by atoms with Gasteiger partial charge in [0.2, 0.25) is 0 Å². The van der Waals surface area contributed by atoms with Gasteiger partial charge in [-0.25, -0.2) is 0 Å². The first kappa shape index (κ1) is 8.02. The SMILES string of the molecule is CCC1(C)C(OC)CN1C. The number of nitrogens with zero attached hydrogens (tertiary/aromatic N) is 1. The van der Waals surface area contributed by atoms with E-state index in [4.69, 9.17) is 4.74 Å². The molecular weight excluding hydrogens is 126 g/mol. The van der Waals surface area contributed by atoms with Gasteiger partial charge >= 0.3 is 0 Å². The number of hydrogen-bond acceptors (Lipinski definition) is 2. The Hall–Kier alpha value is -0.0800. The maximum atomic E-state index is 5.32. The highest BCUT2D eigenvalue weighted by Gasteiger charge is 2.46. The Morgan fingerprint density at radius 1 is 1.70 bits per heavy atom. The minimum absolute atomic E-state index is 0.300. The molecule has 0 aromatic heterocycles. The molecule has 0 aromatic carbocycles. The van der Waals surface area contributed by atoms with Crippen LogP contribution in [-0.4, -0.2) is 37.2 Å². The fourth-order valence-corrected chi connectivity index (χ4v) is 1.61. The lowest BCUT2D eigenvalue weighted by Gasteiger charge is -2.54. The molecule has 0 radical (unpaired) electrons. The van der Waals surface area contributed by atoms with Gasteiger partial charge in [-0.05, 0) is 20.4 Å². The maximum Gasteiger partial charge on any atom is 0.0878 e. The van der Waals surface area contributed by atoms with Crippen LogP contribution in [0.1, 0.15) is 20.3 Å². The molecule has 1 fully saturated rings. The summed E-state index contributed by atoms with van der Waals surface area (Å²) in [6, 6.07) is 0. The van der Waals surface area contributed by atoms with E-state index in [-0.39, 0.29) is 0 Å². The smallest absolute Gasteiger partial charge is 0.0878 e. The quantitative estimate of drug-likeness (QED) is 0.574. The molecule has 1 rings (SSSR count). The number of rotatable bonds is 2. The first-order chi connectivity index (χ1) is 4.65. The Morgan fingerprint density at radius 2 is 2.30 bits per heavy atom. The highest BCUT2D eigenvalue weighted by Crippen LogP contribution is 2.33. The summed E-state index contributed by atoms with van der Waals surface area (Å²) in [5, 5.41) is 0. The number of likely N-dealkylation sites (N-methyl/N-ethyl adjacent to an activating group) is 1. The van der Waals surface area contributed by atoms with E-state index in [1.807, 2.05) is 0 Å². The third-order valence-corrected chi connectivity index (χ3v) is 3.01. The molecule has 0 N–H and O–H groups in total. The molecule has 2 heteroatoms. The molecule has 0 bridgehead atoms. The molecule has 0 saturated carbocycles. The van der Waals surface area contributed by atoms with Gasteiger partial charge in [0.05, 0.1) is 6.10 Å². The first-order valence-electron chi connectivity index (χ1n) is 3.89. The van der Waals surface area contributed by atoms with Crippen LogP contribution in [0.15, 0.2) is 0 Å². The lowest BCUT2D eigenvalue weighted by Crippen LogP contribution is -2.67. The normalized spacial score (nSPS) is 41.4. The topological polar surface area (TPSA) is 12.5 Å². The second-order valence-corrected chi connectivity index (χ2v) is 3.32. The van der Waals surface area contributed by atoms with E-state index in [9.17, 15) is 0 Å². The zero-order valence-electron chi connectivity index (χ0n) is 7.35. The molecule has 1 aliphatic rings. The van der Waals surface area contributed by atoms with Crippen molar-refractivity contribution >= 4 is 0 Å². The van der Waals surface area contributed by atoms with Crippen LogP contribution in [0.4, 0.5) is 0 Å². The van der Waals surface area contributed by atoms with Gasteiger partial charge in [0.1, 0.15) is 0 Å². The summed E-state index contributed by atoms with van der Waals surface area (Å²) in [6.45, 7) is 5.55. The molecule has 1 heterocycles. The van der Waals surface area contributed by atoms with Crippen LogP contribution in [0.2, 0.25) is 0 Å². The summed E-state index contributed by atoms with van der Waals surface area (Å²) in [5.41, 5.74) is 0.300. The van der Waals surface area contributed by atoms with Crippen molar-refractivity contribution in [2.24, 2.45) is 0 Å². The van der Waals surface area contributed by atoms with Gasteiger partial charge in [0.15, 0.2) is 0 Å². The van der Waals surface area contributed by atoms with Crippen LogP contribution in [-0.2, 0) is 4.74 Å². The van der Waals surface area contributed by atoms with Gasteiger partial charge in [-0.1, -0.05) is 6.92 Å². The standard InChI is InChI=1S/C8H17NO/c1-5-8(2)7(10-4)6-9(8)3/h7H,5-6H2,1-4H3. The van der Waals surface area contributed by atoms with Gasteiger partial charge in [0.25, 0.3) is 0 Å². The molecule has 1 saturated heterocycles. The molecule has 2 atom stereocenters. The predicted molar refractivity (Wildman–Crippen MR) is 42.1 cm³/mol. The summed E-state index contributed by atoms with van der Waals surface area (Å²) in [7, 11) is 3.95. The molecule has 10 heavy (non-hydrogen) atoms. The summed E-state index contributed by atoms with van der Waals surface area (Å²) in [5.74, 6) is 0. The zero-order valence-corrected chi connectivity index (χ0v) is 7.35. The maximum absolute atomic E-state index is 5.32. The van der Waals surface area contributed by atoms with E-state index in [0.29, 0.717) is 11.6 Å². The second-order valence-electron chi connectivity index (χ2n) is 3.32. The zero-order chi connectivity index (χ0) is 7.78. The van der Waals surface area contributed by atoms with Crippen LogP contribution >= 0.6 is 0 Å². The van der Waals surface area contributed by atoms with Crippen LogP contribution < -0.4 is 0 Å². The fraction of sp³-hybridized carbons (Fsp3) is 1.00. The third-order valence-electron chi connectivity index (χ3n) is 3.01. The number of hydrogen-bond donors (Lipinski definition) is 0. The van der Waals surface area contributed by atoms with Crippen molar-refractivity contribution in [1.82, 2.24) is 4.90 Å². The van der Waals surface area contributed by atoms with Gasteiger partial charge in [-0.2, -0.15) is 0 Å². The van der Waals surface area contributed by atoms with Gasteiger partial charge < -0.3 is 4.74 Å². The first-order valence-corrected chi connectivity index (χ1v) is 3.89. The summed E-state index contributed by atoms with van der Waals surface area (Å²) >= 11 is 0. The summed E-state index contributed by atoms with van der Waals surface area (Å²) in [6.07, 6.45) is 1.62. The van der Waals surface area contributed by atoms with Gasteiger partial charge in [-0.15, -0.1) is 0 Å². The average molecular weight is 143 g/mol. The molecule has 0 aliphatic carbocycles. The molecule has 2 nitrogen and oxygen atoms in total. The summed E-state index contributed by atoms with van der Waals surface area (Å²) < 4.78 is 5.32. The molecule has 0 amide bonds. The highest BCUT2D eigenvalue weighted by atomic mass is 16.5. The van der Waals surface area contributed by atoms with Crippen LogP contribution in [0.25, 0.3) is 0 Å². The van der Waals surface area contributed by atoms with Crippen molar-refractivity contribution in [2.75, 3.05) is 20.7 Å². The fourth-order valence-electron chi connectivity index (χ4n) is 1.61. The molecule has 0 aromatic rings. The molecule has 60 valence electrons. The van der Waals surface area contributed by atoms with E-state index in [1.54, 1.807) is 7.11 Å². The Labute approximate surface area is 63.2 Å². The van der Waals surface area contributed by atoms with E-state index < -0.39 is 0 Å². The van der Waals surface area contributed by atoms with E-state index in [2.05, 4.69) is 25.8 Å². The van der Waals surface area contributed by atoms with Crippen molar-refractivity contribution in [2.45, 2.75) is 31.9 Å². The Bertz CT molecular complexity index is 126. The number of methoxy groups -OCH3 is 1. The predicted octanol–water partition coefficient (Wildman–Crippen LogP) is 1.12. The van der Waals surface area contributed by atoms with Crippen LogP contribution in [0.3, 0.4) is 0 Å². The van der Waals surface area contributed by atoms with Crippen LogP contribution in [0.5, 0.6) is 0 Å². The lowest BCUT2D eigenvalue weighted by atomic mass is 9.82. The molecular formula is C8H17NO. The third kappa shape index (κ3) is 0.867.